The van der Waals surface area contributed by atoms with Gasteiger partial charge in [0.25, 0.3) is 0 Å². The lowest BCUT2D eigenvalue weighted by molar-refractivity contribution is -0.111. The summed E-state index contributed by atoms with van der Waals surface area (Å²) in [5, 5.41) is 2.66. The highest BCUT2D eigenvalue weighted by Crippen LogP contribution is 2.10. The molecule has 96 valence electrons. The fourth-order valence-electron chi connectivity index (χ4n) is 1.56. The molecular weight excluding hydrogens is 243 g/mol. The fourth-order valence-corrected chi connectivity index (χ4v) is 1.56. The fraction of sp³-hybridized carbons (Fsp3) is 0.0667. The maximum Gasteiger partial charge on any atom is 0.249 e. The molecule has 1 amide bonds. The molecule has 0 radical (unpaired) electrons. The van der Waals surface area contributed by atoms with Crippen LogP contribution in [0.2, 0.25) is 0 Å². The Morgan fingerprint density at radius 3 is 2.89 bits per heavy atom. The summed E-state index contributed by atoms with van der Waals surface area (Å²) in [6, 6.07) is 9.69. The van der Waals surface area contributed by atoms with Crippen molar-refractivity contribution in [3.63, 3.8) is 0 Å². The van der Waals surface area contributed by atoms with E-state index in [9.17, 15) is 9.18 Å². The third kappa shape index (κ3) is 3.74. The van der Waals surface area contributed by atoms with Crippen molar-refractivity contribution in [2.24, 2.45) is 0 Å². The lowest BCUT2D eigenvalue weighted by Gasteiger charge is -2.03. The van der Waals surface area contributed by atoms with Crippen molar-refractivity contribution >= 4 is 17.8 Å². The number of halogens is 1. The van der Waals surface area contributed by atoms with Crippen molar-refractivity contribution in [3.8, 4) is 0 Å². The molecule has 0 aliphatic rings. The zero-order valence-corrected chi connectivity index (χ0v) is 10.4. The van der Waals surface area contributed by atoms with E-state index in [1.165, 1.54) is 18.2 Å². The molecule has 19 heavy (non-hydrogen) atoms. The summed E-state index contributed by atoms with van der Waals surface area (Å²) in [5.74, 6) is -0.106. The Morgan fingerprint density at radius 1 is 1.32 bits per heavy atom. The van der Waals surface area contributed by atoms with Gasteiger partial charge in [-0.1, -0.05) is 18.2 Å². The number of benzene rings is 1. The van der Waals surface area contributed by atoms with Crippen molar-refractivity contribution < 1.29 is 9.18 Å². The van der Waals surface area contributed by atoms with E-state index in [4.69, 9.17) is 0 Å². The Labute approximate surface area is 110 Å². The number of hydrogen-bond acceptors (Lipinski definition) is 2. The first kappa shape index (κ1) is 13.0. The van der Waals surface area contributed by atoms with Gasteiger partial charge in [0.15, 0.2) is 0 Å². The van der Waals surface area contributed by atoms with E-state index in [-0.39, 0.29) is 11.7 Å². The summed E-state index contributed by atoms with van der Waals surface area (Å²) in [4.78, 5) is 15.8. The number of amides is 1. The molecule has 0 aliphatic carbocycles. The molecule has 0 aliphatic heterocycles. The lowest BCUT2D eigenvalue weighted by atomic mass is 10.2. The van der Waals surface area contributed by atoms with Crippen molar-refractivity contribution in [1.29, 1.82) is 0 Å². The van der Waals surface area contributed by atoms with Crippen LogP contribution in [0.1, 0.15) is 11.1 Å². The SMILES string of the molecule is Cc1cccnc1NC(=O)/C=C/c1cccc(F)c1. The lowest BCUT2D eigenvalue weighted by Crippen LogP contribution is -2.10. The minimum Gasteiger partial charge on any atom is -0.307 e. The zero-order valence-electron chi connectivity index (χ0n) is 10.4. The molecule has 2 aromatic rings. The summed E-state index contributed by atoms with van der Waals surface area (Å²) in [6.07, 6.45) is 4.51. The molecule has 2 rings (SSSR count). The molecule has 3 nitrogen and oxygen atoms in total. The van der Waals surface area contributed by atoms with E-state index in [0.717, 1.165) is 5.56 Å². The number of pyridine rings is 1. The molecule has 0 saturated heterocycles. The van der Waals surface area contributed by atoms with Crippen LogP contribution in [-0.4, -0.2) is 10.9 Å². The number of nitrogens with one attached hydrogen (secondary N) is 1. The Morgan fingerprint density at radius 2 is 2.16 bits per heavy atom. The molecule has 1 N–H and O–H groups in total. The number of aromatic nitrogens is 1. The maximum absolute atomic E-state index is 12.9. The van der Waals surface area contributed by atoms with E-state index >= 15 is 0 Å². The third-order valence-corrected chi connectivity index (χ3v) is 2.53. The zero-order chi connectivity index (χ0) is 13.7. The standard InChI is InChI=1S/C15H13FN2O/c1-11-4-3-9-17-15(11)18-14(19)8-7-12-5-2-6-13(16)10-12/h2-10H,1H3,(H,17,18,19)/b8-7+. The van der Waals surface area contributed by atoms with Gasteiger partial charge in [-0.3, -0.25) is 4.79 Å². The molecule has 0 saturated carbocycles. The summed E-state index contributed by atoms with van der Waals surface area (Å²) in [6.45, 7) is 1.86. The summed E-state index contributed by atoms with van der Waals surface area (Å²) in [5.41, 5.74) is 1.52. The molecule has 1 aromatic carbocycles. The van der Waals surface area contributed by atoms with Crippen molar-refractivity contribution in [2.75, 3.05) is 5.32 Å². The van der Waals surface area contributed by atoms with E-state index in [0.29, 0.717) is 11.4 Å². The van der Waals surface area contributed by atoms with E-state index in [1.807, 2.05) is 13.0 Å². The Hall–Kier alpha value is -2.49. The predicted molar refractivity (Wildman–Crippen MR) is 73.0 cm³/mol. The van der Waals surface area contributed by atoms with Gasteiger partial charge in [-0.2, -0.15) is 0 Å². The van der Waals surface area contributed by atoms with Gasteiger partial charge in [0.1, 0.15) is 11.6 Å². The normalized spacial score (nSPS) is 10.6. The number of rotatable bonds is 3. The molecule has 0 unspecified atom stereocenters. The molecular formula is C15H13FN2O. The van der Waals surface area contributed by atoms with E-state index < -0.39 is 0 Å². The minimum absolute atomic E-state index is 0.300. The van der Waals surface area contributed by atoms with Crippen LogP contribution in [0, 0.1) is 12.7 Å². The van der Waals surface area contributed by atoms with Crippen molar-refractivity contribution in [3.05, 3.63) is 65.6 Å². The van der Waals surface area contributed by atoms with Crippen LogP contribution < -0.4 is 5.32 Å². The second-order valence-electron chi connectivity index (χ2n) is 4.05. The Balaban J connectivity index is 2.04. The summed E-state index contributed by atoms with van der Waals surface area (Å²) < 4.78 is 12.9. The van der Waals surface area contributed by atoms with Gasteiger partial charge >= 0.3 is 0 Å². The van der Waals surface area contributed by atoms with Gasteiger partial charge in [-0.05, 0) is 42.3 Å². The minimum atomic E-state index is -0.330. The van der Waals surface area contributed by atoms with Gasteiger partial charge in [-0.25, -0.2) is 9.37 Å². The van der Waals surface area contributed by atoms with Crippen LogP contribution in [0.4, 0.5) is 10.2 Å². The molecule has 0 bridgehead atoms. The average molecular weight is 256 g/mol. The van der Waals surface area contributed by atoms with Crippen LogP contribution in [0.5, 0.6) is 0 Å². The number of nitrogens with zero attached hydrogens (tertiary/aromatic N) is 1. The number of carbonyl (C=O) groups excluding carboxylic acids is 1. The highest BCUT2D eigenvalue weighted by molar-refractivity contribution is 6.01. The largest absolute Gasteiger partial charge is 0.307 e. The van der Waals surface area contributed by atoms with Gasteiger partial charge in [0, 0.05) is 12.3 Å². The highest BCUT2D eigenvalue weighted by Gasteiger charge is 2.01. The van der Waals surface area contributed by atoms with Crippen molar-refractivity contribution in [1.82, 2.24) is 4.98 Å². The highest BCUT2D eigenvalue weighted by atomic mass is 19.1. The number of hydrogen-bond donors (Lipinski definition) is 1. The maximum atomic E-state index is 12.9. The first-order chi connectivity index (χ1) is 9.15. The Bertz CT molecular complexity index is 623. The van der Waals surface area contributed by atoms with Crippen LogP contribution in [0.3, 0.4) is 0 Å². The Kier molecular flexibility index (Phi) is 4.03. The first-order valence-corrected chi connectivity index (χ1v) is 5.81. The van der Waals surface area contributed by atoms with Crippen LogP contribution in [0.15, 0.2) is 48.7 Å². The average Bonchev–Trinajstić information content (AvgIpc) is 2.39. The topological polar surface area (TPSA) is 42.0 Å². The first-order valence-electron chi connectivity index (χ1n) is 5.81. The molecule has 1 aromatic heterocycles. The van der Waals surface area contributed by atoms with E-state index in [2.05, 4.69) is 10.3 Å². The molecule has 1 heterocycles. The number of carbonyl (C=O) groups is 1. The van der Waals surface area contributed by atoms with Gasteiger partial charge in [0.2, 0.25) is 5.91 Å². The summed E-state index contributed by atoms with van der Waals surface area (Å²) in [7, 11) is 0. The van der Waals surface area contributed by atoms with Gasteiger partial charge in [-0.15, -0.1) is 0 Å². The third-order valence-electron chi connectivity index (χ3n) is 2.53. The molecule has 0 atom stereocenters. The molecule has 4 heteroatoms. The summed E-state index contributed by atoms with van der Waals surface area (Å²) >= 11 is 0. The second kappa shape index (κ2) is 5.91. The number of anilines is 1. The second-order valence-corrected chi connectivity index (χ2v) is 4.05. The predicted octanol–water partition coefficient (Wildman–Crippen LogP) is 3.18. The number of aryl methyl sites for hydroxylation is 1. The van der Waals surface area contributed by atoms with Gasteiger partial charge < -0.3 is 5.32 Å². The smallest absolute Gasteiger partial charge is 0.249 e. The van der Waals surface area contributed by atoms with Gasteiger partial charge in [0.05, 0.1) is 0 Å². The quantitative estimate of drug-likeness (QED) is 0.857. The van der Waals surface area contributed by atoms with E-state index in [1.54, 1.807) is 30.5 Å². The van der Waals surface area contributed by atoms with Crippen molar-refractivity contribution in [2.45, 2.75) is 6.92 Å². The molecule has 0 spiro atoms. The van der Waals surface area contributed by atoms with Crippen LogP contribution in [0.25, 0.3) is 6.08 Å². The molecule has 0 fully saturated rings. The van der Waals surface area contributed by atoms with Crippen LogP contribution >= 0.6 is 0 Å². The van der Waals surface area contributed by atoms with Crippen LogP contribution in [-0.2, 0) is 4.79 Å². The monoisotopic (exact) mass is 256 g/mol.